The van der Waals surface area contributed by atoms with E-state index in [-0.39, 0.29) is 40.9 Å². The molecule has 4 rings (SSSR count). The van der Waals surface area contributed by atoms with E-state index in [2.05, 4.69) is 0 Å². The molecule has 0 saturated carbocycles. The van der Waals surface area contributed by atoms with E-state index in [1.54, 1.807) is 12.1 Å². The molecule has 0 aromatic heterocycles. The van der Waals surface area contributed by atoms with Gasteiger partial charge in [-0.25, -0.2) is 4.39 Å². The summed E-state index contributed by atoms with van der Waals surface area (Å²) in [5, 5.41) is 0. The van der Waals surface area contributed by atoms with Crippen molar-refractivity contribution in [1.82, 2.24) is 0 Å². The van der Waals surface area contributed by atoms with Gasteiger partial charge in [0.25, 0.3) is 0 Å². The third kappa shape index (κ3) is 7.47. The van der Waals surface area contributed by atoms with Crippen LogP contribution in [0.2, 0.25) is 0 Å². The van der Waals surface area contributed by atoms with Crippen molar-refractivity contribution in [3.05, 3.63) is 90.2 Å². The highest BCUT2D eigenvalue weighted by atomic mass is 32.2. The molecule has 216 valence electrons. The van der Waals surface area contributed by atoms with Crippen molar-refractivity contribution in [3.63, 3.8) is 0 Å². The zero-order valence-electron chi connectivity index (χ0n) is 22.6. The molecule has 0 saturated heterocycles. The fraction of sp³-hybridized carbons (Fsp3) is 0.172. The molecule has 12 heteroatoms. The first kappa shape index (κ1) is 29.7. The smallest absolute Gasteiger partial charge is 0.306 e. The molecule has 9 nitrogen and oxygen atoms in total. The summed E-state index contributed by atoms with van der Waals surface area (Å²) in [6, 6.07) is 20.7. The van der Waals surface area contributed by atoms with Gasteiger partial charge in [0.1, 0.15) is 18.2 Å². The maximum atomic E-state index is 13.7. The van der Waals surface area contributed by atoms with Crippen LogP contribution < -0.4 is 22.6 Å². The highest BCUT2D eigenvalue weighted by molar-refractivity contribution is 7.86. The normalized spacial score (nSPS) is 11.5. The van der Waals surface area contributed by atoms with Gasteiger partial charge in [-0.2, -0.15) is 16.8 Å². The van der Waals surface area contributed by atoms with E-state index in [0.717, 1.165) is 18.1 Å². The van der Waals surface area contributed by atoms with Crippen molar-refractivity contribution < 1.29 is 43.8 Å². The minimum Gasteiger partial charge on any atom is -0.496 e. The van der Waals surface area contributed by atoms with E-state index in [1.807, 2.05) is 30.3 Å². The first-order chi connectivity index (χ1) is 19.4. The van der Waals surface area contributed by atoms with Gasteiger partial charge in [-0.1, -0.05) is 48.5 Å². The van der Waals surface area contributed by atoms with Crippen LogP contribution >= 0.6 is 0 Å². The fourth-order valence-corrected chi connectivity index (χ4v) is 4.99. The molecule has 0 unspecified atom stereocenters. The number of rotatable bonds is 11. The maximum absolute atomic E-state index is 13.7. The molecule has 0 atom stereocenters. The van der Waals surface area contributed by atoms with Crippen LogP contribution in [0, 0.1) is 5.82 Å². The average Bonchev–Trinajstić information content (AvgIpc) is 2.91. The molecule has 0 radical (unpaired) electrons. The second-order valence-corrected chi connectivity index (χ2v) is 12.0. The molecule has 0 fully saturated rings. The summed E-state index contributed by atoms with van der Waals surface area (Å²) in [5.41, 5.74) is 2.12. The van der Waals surface area contributed by atoms with Crippen LogP contribution in [0.3, 0.4) is 0 Å². The molecule has 0 bridgehead atoms. The van der Waals surface area contributed by atoms with Crippen molar-refractivity contribution in [2.24, 2.45) is 0 Å². The Morgan fingerprint density at radius 2 is 1.29 bits per heavy atom. The van der Waals surface area contributed by atoms with Crippen LogP contribution in [0.25, 0.3) is 22.3 Å². The largest absolute Gasteiger partial charge is 0.496 e. The van der Waals surface area contributed by atoms with Crippen LogP contribution in [-0.4, -0.2) is 43.6 Å². The number of halogens is 1. The third-order valence-corrected chi connectivity index (χ3v) is 6.68. The third-order valence-electron chi connectivity index (χ3n) is 5.72. The summed E-state index contributed by atoms with van der Waals surface area (Å²) in [5.74, 6) is -0.458. The molecule has 4 aromatic rings. The molecule has 0 aliphatic carbocycles. The van der Waals surface area contributed by atoms with Crippen molar-refractivity contribution in [1.29, 1.82) is 0 Å². The molecule has 0 N–H and O–H groups in total. The van der Waals surface area contributed by atoms with E-state index in [4.69, 9.17) is 22.6 Å². The summed E-state index contributed by atoms with van der Waals surface area (Å²) in [4.78, 5) is 0. The lowest BCUT2D eigenvalue weighted by Crippen LogP contribution is -2.10. The number of methoxy groups -OCH3 is 2. The highest BCUT2D eigenvalue weighted by Crippen LogP contribution is 2.51. The zero-order chi connectivity index (χ0) is 29.8. The van der Waals surface area contributed by atoms with Crippen LogP contribution in [0.1, 0.15) is 5.56 Å². The number of hydrogen-bond donors (Lipinski definition) is 0. The summed E-state index contributed by atoms with van der Waals surface area (Å²) in [7, 11) is -5.34. The van der Waals surface area contributed by atoms with Gasteiger partial charge in [-0.15, -0.1) is 0 Å². The van der Waals surface area contributed by atoms with Crippen molar-refractivity contribution in [2.45, 2.75) is 6.61 Å². The number of hydrogen-bond acceptors (Lipinski definition) is 9. The van der Waals surface area contributed by atoms with Gasteiger partial charge < -0.3 is 22.6 Å². The number of ether oxygens (including phenoxy) is 3. The number of benzene rings is 4. The predicted molar refractivity (Wildman–Crippen MR) is 152 cm³/mol. The van der Waals surface area contributed by atoms with E-state index in [9.17, 15) is 21.2 Å². The van der Waals surface area contributed by atoms with E-state index in [1.165, 1.54) is 50.6 Å². The fourth-order valence-electron chi connectivity index (χ4n) is 4.07. The lowest BCUT2D eigenvalue weighted by molar-refractivity contribution is 0.296. The quantitative estimate of drug-likeness (QED) is 0.207. The van der Waals surface area contributed by atoms with Gasteiger partial charge in [0.05, 0.1) is 32.3 Å². The highest BCUT2D eigenvalue weighted by Gasteiger charge is 2.27. The van der Waals surface area contributed by atoms with E-state index >= 15 is 0 Å². The van der Waals surface area contributed by atoms with Gasteiger partial charge in [0.15, 0.2) is 23.0 Å². The Hall–Kier alpha value is -4.29. The molecule has 0 spiro atoms. The van der Waals surface area contributed by atoms with Crippen LogP contribution in [0.4, 0.5) is 4.39 Å². The first-order valence-corrected chi connectivity index (χ1v) is 15.7. The average molecular weight is 603 g/mol. The van der Waals surface area contributed by atoms with Gasteiger partial charge >= 0.3 is 20.2 Å². The van der Waals surface area contributed by atoms with Crippen molar-refractivity contribution in [2.75, 3.05) is 26.7 Å². The van der Waals surface area contributed by atoms with E-state index in [0.29, 0.717) is 16.7 Å². The molecule has 4 aromatic carbocycles. The monoisotopic (exact) mass is 602 g/mol. The maximum Gasteiger partial charge on any atom is 0.306 e. The Labute approximate surface area is 238 Å². The first-order valence-electron chi connectivity index (χ1n) is 12.0. The summed E-state index contributed by atoms with van der Waals surface area (Å²) in [6.07, 6.45) is 1.77. The van der Waals surface area contributed by atoms with Gasteiger partial charge in [0.2, 0.25) is 0 Å². The topological polar surface area (TPSA) is 114 Å². The summed E-state index contributed by atoms with van der Waals surface area (Å²) in [6.45, 7) is 0.149. The molecular weight excluding hydrogens is 575 g/mol. The van der Waals surface area contributed by atoms with Crippen LogP contribution in [0.5, 0.6) is 28.7 Å². The summed E-state index contributed by atoms with van der Waals surface area (Å²) >= 11 is 0. The molecular formula is C29H27FO9S2. The molecule has 0 aliphatic rings. The SMILES string of the molecule is COc1cc(-c2ccc(OCc3ccccc3)c(OS(C)(=O)=O)c2)c(OC)c(OS(C)(=O)=O)c1-c1ccc(F)cc1. The molecule has 0 heterocycles. The van der Waals surface area contributed by atoms with Crippen LogP contribution in [0.15, 0.2) is 78.9 Å². The van der Waals surface area contributed by atoms with Crippen molar-refractivity contribution in [3.8, 4) is 51.0 Å². The lowest BCUT2D eigenvalue weighted by atomic mass is 9.96. The predicted octanol–water partition coefficient (Wildman–Crippen LogP) is 5.43. The van der Waals surface area contributed by atoms with Gasteiger partial charge in [0, 0.05) is 5.56 Å². The minimum absolute atomic E-state index is 0.00110. The minimum atomic E-state index is -4.08. The second kappa shape index (κ2) is 12.1. The standard InChI is InChI=1S/C29H27FO9S2/c1-35-26-17-23(28(36-2)29(39-41(4,33)34)27(26)20-10-13-22(30)14-11-20)21-12-15-24(25(16-21)38-40(3,31)32)37-18-19-8-6-5-7-9-19/h5-17H,18H2,1-4H3. The second-order valence-electron chi connectivity index (χ2n) is 8.88. The Kier molecular flexibility index (Phi) is 8.74. The van der Waals surface area contributed by atoms with E-state index < -0.39 is 26.1 Å². The van der Waals surface area contributed by atoms with Gasteiger partial charge in [-0.05, 0) is 47.0 Å². The van der Waals surface area contributed by atoms with Crippen molar-refractivity contribution >= 4 is 20.2 Å². The Bertz CT molecular complexity index is 1750. The zero-order valence-corrected chi connectivity index (χ0v) is 24.2. The Morgan fingerprint density at radius 1 is 0.659 bits per heavy atom. The van der Waals surface area contributed by atoms with Gasteiger partial charge in [-0.3, -0.25) is 0 Å². The lowest BCUT2D eigenvalue weighted by Gasteiger charge is -2.21. The molecule has 0 aliphatic heterocycles. The van der Waals surface area contributed by atoms with Crippen LogP contribution in [-0.2, 0) is 26.8 Å². The Morgan fingerprint density at radius 3 is 1.88 bits per heavy atom. The summed E-state index contributed by atoms with van der Waals surface area (Å²) < 4.78 is 90.2. The Balaban J connectivity index is 1.91. The molecule has 41 heavy (non-hydrogen) atoms. The molecule has 0 amide bonds.